The molecule has 0 spiro atoms. The van der Waals surface area contributed by atoms with E-state index in [1.54, 1.807) is 0 Å². The first-order chi connectivity index (χ1) is 8.06. The van der Waals surface area contributed by atoms with Crippen molar-refractivity contribution in [3.05, 3.63) is 34.9 Å². The van der Waals surface area contributed by atoms with Gasteiger partial charge in [0.25, 0.3) is 0 Å². The van der Waals surface area contributed by atoms with Crippen LogP contribution in [0.25, 0.3) is 0 Å². The van der Waals surface area contributed by atoms with Crippen LogP contribution in [0.15, 0.2) is 18.2 Å². The van der Waals surface area contributed by atoms with Gasteiger partial charge in [-0.2, -0.15) is 0 Å². The molecule has 17 heavy (non-hydrogen) atoms. The Morgan fingerprint density at radius 2 is 1.94 bits per heavy atom. The molecule has 2 N–H and O–H groups in total. The van der Waals surface area contributed by atoms with Crippen LogP contribution in [0.4, 0.5) is 0 Å². The van der Waals surface area contributed by atoms with Crippen LogP contribution >= 0.6 is 0 Å². The highest BCUT2D eigenvalue weighted by Gasteiger charge is 2.39. The number of nitrogens with one attached hydrogen (secondary N) is 1. The number of piperidine rings is 1. The smallest absolute Gasteiger partial charge is 0.0948 e. The zero-order valence-electron chi connectivity index (χ0n) is 11.1. The Labute approximate surface area is 104 Å². The normalized spacial score (nSPS) is 29.3. The number of hydrogen-bond acceptors (Lipinski definition) is 2. The predicted octanol–water partition coefficient (Wildman–Crippen LogP) is 2.51. The maximum absolute atomic E-state index is 11.0. The van der Waals surface area contributed by atoms with Crippen LogP contribution in [-0.4, -0.2) is 18.2 Å². The summed E-state index contributed by atoms with van der Waals surface area (Å²) in [7, 11) is 0. The van der Waals surface area contributed by atoms with E-state index >= 15 is 0 Å². The first-order valence-corrected chi connectivity index (χ1v) is 6.58. The van der Waals surface area contributed by atoms with E-state index in [0.29, 0.717) is 5.92 Å². The summed E-state index contributed by atoms with van der Waals surface area (Å²) >= 11 is 0. The highest BCUT2D eigenvalue weighted by Crippen LogP contribution is 2.37. The third-order valence-electron chi connectivity index (χ3n) is 3.96. The van der Waals surface area contributed by atoms with E-state index in [1.165, 1.54) is 11.1 Å². The van der Waals surface area contributed by atoms with E-state index < -0.39 is 5.60 Å². The number of aliphatic hydroxyl groups is 1. The summed E-state index contributed by atoms with van der Waals surface area (Å²) in [6, 6.07) is 6.44. The van der Waals surface area contributed by atoms with Gasteiger partial charge in [-0.3, -0.25) is 0 Å². The van der Waals surface area contributed by atoms with Crippen molar-refractivity contribution in [2.45, 2.75) is 39.2 Å². The Bertz CT molecular complexity index is 382. The molecule has 0 bridgehead atoms. The van der Waals surface area contributed by atoms with Crippen molar-refractivity contribution in [1.82, 2.24) is 5.32 Å². The molecule has 2 heteroatoms. The molecule has 2 nitrogen and oxygen atoms in total. The number of hydrogen-bond donors (Lipinski definition) is 2. The highest BCUT2D eigenvalue weighted by atomic mass is 16.3. The van der Waals surface area contributed by atoms with Crippen LogP contribution in [0, 0.1) is 19.8 Å². The van der Waals surface area contributed by atoms with E-state index in [2.05, 4.69) is 44.3 Å². The summed E-state index contributed by atoms with van der Waals surface area (Å²) < 4.78 is 0. The van der Waals surface area contributed by atoms with Gasteiger partial charge < -0.3 is 10.4 Å². The zero-order chi connectivity index (χ0) is 12.5. The third-order valence-corrected chi connectivity index (χ3v) is 3.96. The Kier molecular flexibility index (Phi) is 3.55. The minimum atomic E-state index is -0.642. The highest BCUT2D eigenvalue weighted by molar-refractivity contribution is 5.33. The van der Waals surface area contributed by atoms with Crippen molar-refractivity contribution in [2.75, 3.05) is 13.1 Å². The summed E-state index contributed by atoms with van der Waals surface area (Å²) in [4.78, 5) is 0. The summed E-state index contributed by atoms with van der Waals surface area (Å²) in [5, 5.41) is 14.4. The molecular weight excluding hydrogens is 210 g/mol. The number of rotatable bonds is 2. The first kappa shape index (κ1) is 12.6. The summed E-state index contributed by atoms with van der Waals surface area (Å²) in [5.41, 5.74) is 2.93. The van der Waals surface area contributed by atoms with Crippen molar-refractivity contribution in [3.8, 4) is 0 Å². The van der Waals surface area contributed by atoms with Gasteiger partial charge in [0.15, 0.2) is 0 Å². The average Bonchev–Trinajstić information content (AvgIpc) is 2.28. The molecule has 1 aromatic rings. The van der Waals surface area contributed by atoms with Crippen LogP contribution in [0.2, 0.25) is 0 Å². The fourth-order valence-corrected chi connectivity index (χ4v) is 3.01. The maximum atomic E-state index is 11.0. The molecule has 0 aromatic heterocycles. The molecule has 94 valence electrons. The predicted molar refractivity (Wildman–Crippen MR) is 71.1 cm³/mol. The van der Waals surface area contributed by atoms with Crippen molar-refractivity contribution in [3.63, 3.8) is 0 Å². The first-order valence-electron chi connectivity index (χ1n) is 6.58. The lowest BCUT2D eigenvalue weighted by molar-refractivity contribution is -0.0479. The summed E-state index contributed by atoms with van der Waals surface area (Å²) in [6.07, 6.45) is 1.82. The van der Waals surface area contributed by atoms with E-state index in [1.807, 2.05) is 0 Å². The van der Waals surface area contributed by atoms with Crippen molar-refractivity contribution >= 4 is 0 Å². The monoisotopic (exact) mass is 233 g/mol. The van der Waals surface area contributed by atoms with Gasteiger partial charge in [0.05, 0.1) is 5.60 Å². The molecule has 0 amide bonds. The second-order valence-corrected chi connectivity index (χ2v) is 5.36. The SMILES string of the molecule is CCC1CNCCC1(O)c1cc(C)cc(C)c1. The van der Waals surface area contributed by atoms with Gasteiger partial charge in [0.1, 0.15) is 0 Å². The maximum Gasteiger partial charge on any atom is 0.0948 e. The van der Waals surface area contributed by atoms with E-state index in [-0.39, 0.29) is 0 Å². The van der Waals surface area contributed by atoms with Crippen LogP contribution in [-0.2, 0) is 5.60 Å². The molecule has 2 rings (SSSR count). The molecule has 1 saturated heterocycles. The lowest BCUT2D eigenvalue weighted by Gasteiger charge is -2.40. The minimum Gasteiger partial charge on any atom is -0.385 e. The number of aryl methyl sites for hydroxylation is 2. The molecular formula is C15H23NO. The summed E-state index contributed by atoms with van der Waals surface area (Å²) in [6.45, 7) is 8.18. The standard InChI is InChI=1S/C15H23NO/c1-4-13-10-16-6-5-15(13,17)14-8-11(2)7-12(3)9-14/h7-9,13,16-17H,4-6,10H2,1-3H3. The van der Waals surface area contributed by atoms with Gasteiger partial charge >= 0.3 is 0 Å². The van der Waals surface area contributed by atoms with Crippen LogP contribution in [0.5, 0.6) is 0 Å². The van der Waals surface area contributed by atoms with Gasteiger partial charge in [0, 0.05) is 12.5 Å². The Balaban J connectivity index is 2.40. The van der Waals surface area contributed by atoms with E-state index in [4.69, 9.17) is 0 Å². The van der Waals surface area contributed by atoms with Crippen LogP contribution < -0.4 is 5.32 Å². The fraction of sp³-hybridized carbons (Fsp3) is 0.600. The fourth-order valence-electron chi connectivity index (χ4n) is 3.01. The third kappa shape index (κ3) is 2.38. The molecule has 0 saturated carbocycles. The molecule has 2 unspecified atom stereocenters. The van der Waals surface area contributed by atoms with E-state index in [0.717, 1.165) is 31.5 Å². The van der Waals surface area contributed by atoms with Crippen LogP contribution in [0.3, 0.4) is 0 Å². The topological polar surface area (TPSA) is 32.3 Å². The van der Waals surface area contributed by atoms with Gasteiger partial charge in [-0.05, 0) is 38.8 Å². The Hall–Kier alpha value is -0.860. The number of benzene rings is 1. The summed E-state index contributed by atoms with van der Waals surface area (Å²) in [5.74, 6) is 0.317. The lowest BCUT2D eigenvalue weighted by atomic mass is 9.74. The van der Waals surface area contributed by atoms with Crippen molar-refractivity contribution in [1.29, 1.82) is 0 Å². The van der Waals surface area contributed by atoms with Gasteiger partial charge in [-0.15, -0.1) is 0 Å². The average molecular weight is 233 g/mol. The molecule has 1 aromatic carbocycles. The molecule has 0 aliphatic carbocycles. The zero-order valence-corrected chi connectivity index (χ0v) is 11.1. The van der Waals surface area contributed by atoms with Crippen LogP contribution in [0.1, 0.15) is 36.5 Å². The molecule has 1 aliphatic rings. The largest absolute Gasteiger partial charge is 0.385 e. The Morgan fingerprint density at radius 1 is 1.29 bits per heavy atom. The minimum absolute atomic E-state index is 0.317. The van der Waals surface area contributed by atoms with Gasteiger partial charge in [-0.25, -0.2) is 0 Å². The molecule has 1 aliphatic heterocycles. The molecule has 1 fully saturated rings. The Morgan fingerprint density at radius 3 is 2.53 bits per heavy atom. The quantitative estimate of drug-likeness (QED) is 0.822. The van der Waals surface area contributed by atoms with E-state index in [9.17, 15) is 5.11 Å². The van der Waals surface area contributed by atoms with Gasteiger partial charge in [0.2, 0.25) is 0 Å². The van der Waals surface area contributed by atoms with Crippen molar-refractivity contribution < 1.29 is 5.11 Å². The molecule has 1 heterocycles. The van der Waals surface area contributed by atoms with Crippen molar-refractivity contribution in [2.24, 2.45) is 5.92 Å². The lowest BCUT2D eigenvalue weighted by Crippen LogP contribution is -2.47. The molecule has 0 radical (unpaired) electrons. The van der Waals surface area contributed by atoms with Gasteiger partial charge in [-0.1, -0.05) is 36.2 Å². The second-order valence-electron chi connectivity index (χ2n) is 5.36. The molecule has 2 atom stereocenters. The second kappa shape index (κ2) is 4.79.